The summed E-state index contributed by atoms with van der Waals surface area (Å²) in [5.74, 6) is -6.10. The van der Waals surface area contributed by atoms with Crippen LogP contribution in [-0.2, 0) is 0 Å². The molecule has 0 amide bonds. The number of rotatable bonds is 0. The van der Waals surface area contributed by atoms with Crippen LogP contribution in [0.2, 0.25) is 0 Å². The summed E-state index contributed by atoms with van der Waals surface area (Å²) < 4.78 is 49.1. The maximum Gasteiger partial charge on any atom is 0.631 e. The molecule has 0 fully saturated rings. The van der Waals surface area contributed by atoms with Crippen molar-refractivity contribution in [3.8, 4) is 0 Å². The van der Waals surface area contributed by atoms with Gasteiger partial charge in [-0.3, -0.25) is 0 Å². The van der Waals surface area contributed by atoms with Gasteiger partial charge in [-0.2, -0.15) is 0 Å². The Kier molecular flexibility index (Phi) is 25.9. The Morgan fingerprint density at radius 1 is 0.519 bits per heavy atom. The Morgan fingerprint density at radius 2 is 0.741 bits per heavy atom. The van der Waals surface area contributed by atoms with E-state index < -0.39 is 52.6 Å². The van der Waals surface area contributed by atoms with Gasteiger partial charge in [-0.05, 0) is 0 Å². The maximum absolute atomic E-state index is 12.4. The zero-order chi connectivity index (χ0) is 22.9. The fourth-order valence-corrected chi connectivity index (χ4v) is 1.16. The van der Waals surface area contributed by atoms with Crippen molar-refractivity contribution in [1.29, 1.82) is 0 Å². The van der Waals surface area contributed by atoms with E-state index in [9.17, 15) is 17.6 Å². The van der Waals surface area contributed by atoms with Crippen LogP contribution in [0.25, 0.3) is 0 Å². The van der Waals surface area contributed by atoms with E-state index >= 15 is 0 Å². The molecular formula is C6H13B4F4NaO12. The minimum atomic E-state index is -2.17. The van der Waals surface area contributed by atoms with Crippen molar-refractivity contribution in [1.82, 2.24) is 0 Å². The summed E-state index contributed by atoms with van der Waals surface area (Å²) in [6.45, 7) is 0. The van der Waals surface area contributed by atoms with Gasteiger partial charge < -0.3 is 60.3 Å². The first-order chi connectivity index (χ1) is 12.0. The number of benzene rings is 1. The average molecular weight is 419 g/mol. The summed E-state index contributed by atoms with van der Waals surface area (Å²) in [4.78, 5) is 0. The molecule has 1 aromatic carbocycles. The van der Waals surface area contributed by atoms with Crippen LogP contribution in [0.1, 0.15) is 0 Å². The molecule has 0 aliphatic carbocycles. The molecule has 21 heteroatoms. The van der Waals surface area contributed by atoms with Crippen molar-refractivity contribution in [2.24, 2.45) is 0 Å². The maximum atomic E-state index is 12.4. The molecule has 0 heterocycles. The second-order valence-corrected chi connectivity index (χ2v) is 4.58. The van der Waals surface area contributed by atoms with Crippen molar-refractivity contribution in [3.63, 3.8) is 0 Å². The van der Waals surface area contributed by atoms with Crippen LogP contribution in [0.4, 0.5) is 17.6 Å². The van der Waals surface area contributed by atoms with Gasteiger partial charge >= 0.3 is 107 Å². The van der Waals surface area contributed by atoms with E-state index in [1.165, 1.54) is 0 Å². The largest absolute Gasteiger partial charge is 0.631 e. The molecule has 0 saturated heterocycles. The van der Waals surface area contributed by atoms with Gasteiger partial charge in [0.15, 0.2) is 0 Å². The third-order valence-electron chi connectivity index (χ3n) is 1.28. The molecule has 12 N–H and O–H groups in total. The van der Waals surface area contributed by atoms with E-state index in [4.69, 9.17) is 60.3 Å². The third kappa shape index (κ3) is 37.2. The normalized spacial score (nSPS) is 8.22. The molecule has 0 bridgehead atoms. The van der Waals surface area contributed by atoms with E-state index in [-0.39, 0.29) is 30.7 Å². The second kappa shape index (κ2) is 20.5. The van der Waals surface area contributed by atoms with Gasteiger partial charge in [-0.15, -0.1) is 0 Å². The van der Waals surface area contributed by atoms with Crippen LogP contribution in [0.15, 0.2) is 6.07 Å². The smallest absolute Gasteiger partial charge is 0.402 e. The SMILES string of the molecule is Fc1c[c]([Na])c(F)c(F)c1F.OB(O)O.OB(O)O.OB(O)O.OB(O)O. The van der Waals surface area contributed by atoms with Crippen molar-refractivity contribution < 1.29 is 77.8 Å². The van der Waals surface area contributed by atoms with Gasteiger partial charge in [0.05, 0.1) is 0 Å². The molecule has 0 aliphatic rings. The van der Waals surface area contributed by atoms with Gasteiger partial charge in [0.25, 0.3) is 0 Å². The average Bonchev–Trinajstić information content (AvgIpc) is 2.40. The minimum absolute atomic E-state index is 0.110. The second-order valence-electron chi connectivity index (χ2n) is 3.50. The molecule has 150 valence electrons. The van der Waals surface area contributed by atoms with Crippen LogP contribution >= 0.6 is 0 Å². The standard InChI is InChI=1S/C6HF4.4BH3O3.Na/c7-3-1-2-4(8)6(10)5(3)9;4*2-1(3)4;/h1H;4*2-4H;. The fraction of sp³-hybridized carbons (Fsp3) is 0. The molecule has 1 aromatic rings. The minimum Gasteiger partial charge on any atom is -0.402 e. The van der Waals surface area contributed by atoms with Gasteiger partial charge in [0.2, 0.25) is 0 Å². The molecule has 0 spiro atoms. The Labute approximate surface area is 167 Å². The summed E-state index contributed by atoms with van der Waals surface area (Å²) in [7, 11) is -8.67. The molecule has 0 aromatic heterocycles. The van der Waals surface area contributed by atoms with Crippen LogP contribution in [0.5, 0.6) is 0 Å². The molecule has 0 radical (unpaired) electrons. The Balaban J connectivity index is -0.000000139. The summed E-state index contributed by atoms with van der Waals surface area (Å²) in [6, 6.07) is 0.667. The first kappa shape index (κ1) is 34.2. The summed E-state index contributed by atoms with van der Waals surface area (Å²) in [6.07, 6.45) is 0. The molecule has 0 atom stereocenters. The van der Waals surface area contributed by atoms with Gasteiger partial charge in [-0.1, -0.05) is 0 Å². The van der Waals surface area contributed by atoms with E-state index in [0.29, 0.717) is 6.07 Å². The molecule has 0 unspecified atom stereocenters. The van der Waals surface area contributed by atoms with E-state index in [2.05, 4.69) is 0 Å². The van der Waals surface area contributed by atoms with E-state index in [1.54, 1.807) is 0 Å². The van der Waals surface area contributed by atoms with E-state index in [1.807, 2.05) is 0 Å². The number of hydrogen-bond acceptors (Lipinski definition) is 12. The molecule has 0 saturated carbocycles. The topological polar surface area (TPSA) is 243 Å². The Bertz CT molecular complexity index is 426. The number of hydrogen-bond donors (Lipinski definition) is 12. The fourth-order valence-electron chi connectivity index (χ4n) is 0.691. The third-order valence-corrected chi connectivity index (χ3v) is 2.01. The first-order valence-corrected chi connectivity index (χ1v) is 6.93. The van der Waals surface area contributed by atoms with E-state index in [0.717, 1.165) is 0 Å². The van der Waals surface area contributed by atoms with Crippen LogP contribution < -0.4 is 2.81 Å². The Morgan fingerprint density at radius 3 is 0.963 bits per heavy atom. The molecule has 0 aliphatic heterocycles. The van der Waals surface area contributed by atoms with Crippen molar-refractivity contribution in [3.05, 3.63) is 29.3 Å². The van der Waals surface area contributed by atoms with Crippen LogP contribution in [0.3, 0.4) is 0 Å². The molecule has 12 nitrogen and oxygen atoms in total. The predicted molar refractivity (Wildman–Crippen MR) is 81.3 cm³/mol. The Hall–Kier alpha value is -0.280. The molecule has 1 rings (SSSR count). The summed E-state index contributed by atoms with van der Waals surface area (Å²) >= 11 is 0.150. The van der Waals surface area contributed by atoms with Crippen molar-refractivity contribution in [2.45, 2.75) is 0 Å². The molecule has 27 heavy (non-hydrogen) atoms. The number of halogens is 4. The van der Waals surface area contributed by atoms with Gasteiger partial charge in [-0.25, -0.2) is 0 Å². The first-order valence-electron chi connectivity index (χ1n) is 5.93. The quantitative estimate of drug-likeness (QED) is 0.0812. The van der Waals surface area contributed by atoms with Crippen molar-refractivity contribution >= 4 is 60.0 Å². The zero-order valence-electron chi connectivity index (χ0n) is 13.3. The van der Waals surface area contributed by atoms with Crippen LogP contribution in [0, 0.1) is 23.3 Å². The monoisotopic (exact) mass is 420 g/mol. The zero-order valence-corrected chi connectivity index (χ0v) is 15.3. The van der Waals surface area contributed by atoms with Crippen LogP contribution in [-0.4, -0.2) is 118 Å². The summed E-state index contributed by atoms with van der Waals surface area (Å²) in [5, 5.41) is 86.0. The predicted octanol–water partition coefficient (Wildman–Crippen LogP) is -7.17. The van der Waals surface area contributed by atoms with Gasteiger partial charge in [0.1, 0.15) is 0 Å². The van der Waals surface area contributed by atoms with Gasteiger partial charge in [0, 0.05) is 0 Å². The molecular weight excluding hydrogens is 406 g/mol. The summed E-state index contributed by atoms with van der Waals surface area (Å²) in [5.41, 5.74) is 0. The van der Waals surface area contributed by atoms with Crippen molar-refractivity contribution in [2.75, 3.05) is 0 Å².